The third-order valence-electron chi connectivity index (χ3n) is 5.07. The van der Waals surface area contributed by atoms with Crippen LogP contribution in [0.4, 0.5) is 5.69 Å². The maximum absolute atomic E-state index is 12.7. The number of amides is 1. The number of methoxy groups -OCH3 is 1. The predicted octanol–water partition coefficient (Wildman–Crippen LogP) is 3.60. The molecule has 0 bridgehead atoms. The molecule has 0 radical (unpaired) electrons. The number of piperidine rings is 1. The van der Waals surface area contributed by atoms with Crippen molar-refractivity contribution in [3.63, 3.8) is 0 Å². The largest absolute Gasteiger partial charge is 0.497 e. The quantitative estimate of drug-likeness (QED) is 0.690. The first kappa shape index (κ1) is 19.1. The second-order valence-corrected chi connectivity index (χ2v) is 7.17. The van der Waals surface area contributed by atoms with Gasteiger partial charge in [-0.05, 0) is 31.5 Å². The summed E-state index contributed by atoms with van der Waals surface area (Å²) in [5.74, 6) is 1.83. The van der Waals surface area contributed by atoms with Gasteiger partial charge in [0.2, 0.25) is 17.6 Å². The van der Waals surface area contributed by atoms with Crippen molar-refractivity contribution < 1.29 is 14.1 Å². The molecule has 1 aliphatic rings. The lowest BCUT2D eigenvalue weighted by molar-refractivity contribution is -0.121. The van der Waals surface area contributed by atoms with E-state index in [1.54, 1.807) is 7.11 Å². The average molecular weight is 392 g/mol. The minimum Gasteiger partial charge on any atom is -0.497 e. The topological polar surface area (TPSA) is 80.5 Å². The van der Waals surface area contributed by atoms with Gasteiger partial charge in [-0.2, -0.15) is 4.98 Å². The number of rotatable bonds is 6. The monoisotopic (exact) mass is 392 g/mol. The van der Waals surface area contributed by atoms with E-state index in [1.807, 2.05) is 54.6 Å². The molecule has 1 saturated heterocycles. The summed E-state index contributed by atoms with van der Waals surface area (Å²) in [5, 5.41) is 7.07. The normalized spacial score (nSPS) is 17.1. The fourth-order valence-electron chi connectivity index (χ4n) is 3.57. The molecular formula is C22H24N4O3. The minimum absolute atomic E-state index is 0.0263. The zero-order valence-electron chi connectivity index (χ0n) is 16.4. The number of ether oxygens (including phenoxy) is 1. The minimum atomic E-state index is -0.0773. The number of hydrogen-bond acceptors (Lipinski definition) is 6. The van der Waals surface area contributed by atoms with E-state index in [2.05, 4.69) is 20.4 Å². The van der Waals surface area contributed by atoms with E-state index in [0.29, 0.717) is 24.8 Å². The van der Waals surface area contributed by atoms with Gasteiger partial charge in [0.05, 0.1) is 19.6 Å². The van der Waals surface area contributed by atoms with E-state index < -0.39 is 0 Å². The van der Waals surface area contributed by atoms with Crippen LogP contribution < -0.4 is 10.1 Å². The summed E-state index contributed by atoms with van der Waals surface area (Å²) in [6.07, 6.45) is 1.82. The van der Waals surface area contributed by atoms with Crippen molar-refractivity contribution in [2.24, 2.45) is 5.92 Å². The van der Waals surface area contributed by atoms with Gasteiger partial charge in [-0.1, -0.05) is 41.6 Å². The first-order chi connectivity index (χ1) is 14.2. The Hall–Kier alpha value is -3.19. The Morgan fingerprint density at radius 3 is 2.93 bits per heavy atom. The molecule has 29 heavy (non-hydrogen) atoms. The number of likely N-dealkylation sites (tertiary alicyclic amines) is 1. The SMILES string of the molecule is COc1cccc(NC(=O)C2CCCN(Cc3nc(-c4ccccc4)no3)C2)c1. The molecule has 1 aliphatic heterocycles. The molecule has 2 heterocycles. The van der Waals surface area contributed by atoms with Crippen LogP contribution in [-0.2, 0) is 11.3 Å². The second-order valence-electron chi connectivity index (χ2n) is 7.17. The van der Waals surface area contributed by atoms with Gasteiger partial charge in [0, 0.05) is 23.9 Å². The third kappa shape index (κ3) is 4.81. The van der Waals surface area contributed by atoms with Crippen LogP contribution in [0.1, 0.15) is 18.7 Å². The Kier molecular flexibility index (Phi) is 5.86. The molecule has 150 valence electrons. The van der Waals surface area contributed by atoms with Crippen LogP contribution in [0.2, 0.25) is 0 Å². The molecule has 7 nitrogen and oxygen atoms in total. The summed E-state index contributed by atoms with van der Waals surface area (Å²) in [7, 11) is 1.61. The molecule has 3 aromatic rings. The Morgan fingerprint density at radius 2 is 2.10 bits per heavy atom. The summed E-state index contributed by atoms with van der Waals surface area (Å²) in [6.45, 7) is 2.12. The maximum Gasteiger partial charge on any atom is 0.241 e. The van der Waals surface area contributed by atoms with E-state index in [4.69, 9.17) is 9.26 Å². The average Bonchev–Trinajstić information content (AvgIpc) is 3.23. The zero-order valence-corrected chi connectivity index (χ0v) is 16.4. The predicted molar refractivity (Wildman–Crippen MR) is 109 cm³/mol. The lowest BCUT2D eigenvalue weighted by atomic mass is 9.97. The molecular weight excluding hydrogens is 368 g/mol. The summed E-state index contributed by atoms with van der Waals surface area (Å²) in [5.41, 5.74) is 1.67. The van der Waals surface area contributed by atoms with E-state index >= 15 is 0 Å². The molecule has 0 saturated carbocycles. The third-order valence-corrected chi connectivity index (χ3v) is 5.07. The van der Waals surface area contributed by atoms with Crippen molar-refractivity contribution in [3.8, 4) is 17.1 Å². The molecule has 0 spiro atoms. The van der Waals surface area contributed by atoms with Crippen molar-refractivity contribution in [2.45, 2.75) is 19.4 Å². The highest BCUT2D eigenvalue weighted by Crippen LogP contribution is 2.23. The van der Waals surface area contributed by atoms with E-state index in [0.717, 1.165) is 36.4 Å². The molecule has 4 rings (SSSR count). The lowest BCUT2D eigenvalue weighted by Gasteiger charge is -2.30. The van der Waals surface area contributed by atoms with Gasteiger partial charge in [-0.25, -0.2) is 0 Å². The Bertz CT molecular complexity index is 957. The van der Waals surface area contributed by atoms with Crippen LogP contribution in [0.15, 0.2) is 59.1 Å². The summed E-state index contributed by atoms with van der Waals surface area (Å²) >= 11 is 0. The highest BCUT2D eigenvalue weighted by atomic mass is 16.5. The lowest BCUT2D eigenvalue weighted by Crippen LogP contribution is -2.40. The fraction of sp³-hybridized carbons (Fsp3) is 0.318. The van der Waals surface area contributed by atoms with E-state index in [1.165, 1.54) is 0 Å². The number of hydrogen-bond donors (Lipinski definition) is 1. The summed E-state index contributed by atoms with van der Waals surface area (Å²) < 4.78 is 10.6. The molecule has 1 amide bonds. The van der Waals surface area contributed by atoms with Gasteiger partial charge in [-0.3, -0.25) is 9.69 Å². The highest BCUT2D eigenvalue weighted by molar-refractivity contribution is 5.92. The molecule has 1 atom stereocenters. The summed E-state index contributed by atoms with van der Waals surface area (Å²) in [4.78, 5) is 19.4. The van der Waals surface area contributed by atoms with Gasteiger partial charge in [-0.15, -0.1) is 0 Å². The van der Waals surface area contributed by atoms with Crippen molar-refractivity contribution in [1.29, 1.82) is 0 Å². The number of carbonyl (C=O) groups excluding carboxylic acids is 1. The van der Waals surface area contributed by atoms with Gasteiger partial charge >= 0.3 is 0 Å². The number of nitrogens with one attached hydrogen (secondary N) is 1. The number of carbonyl (C=O) groups is 1. The molecule has 0 aliphatic carbocycles. The fourth-order valence-corrected chi connectivity index (χ4v) is 3.57. The maximum atomic E-state index is 12.7. The van der Waals surface area contributed by atoms with Crippen molar-refractivity contribution in [3.05, 3.63) is 60.5 Å². The van der Waals surface area contributed by atoms with E-state index in [9.17, 15) is 4.79 Å². The Balaban J connectivity index is 1.36. The van der Waals surface area contributed by atoms with Crippen LogP contribution in [0.25, 0.3) is 11.4 Å². The smallest absolute Gasteiger partial charge is 0.241 e. The van der Waals surface area contributed by atoms with E-state index in [-0.39, 0.29) is 11.8 Å². The number of benzene rings is 2. The van der Waals surface area contributed by atoms with Crippen molar-refractivity contribution >= 4 is 11.6 Å². The standard InChI is InChI=1S/C22H24N4O3/c1-28-19-11-5-10-18(13-19)23-22(27)17-9-6-12-26(14-17)15-20-24-21(25-29-20)16-7-3-2-4-8-16/h2-5,7-8,10-11,13,17H,6,9,12,14-15H2,1H3,(H,23,27). The van der Waals surface area contributed by atoms with Gasteiger partial charge in [0.15, 0.2) is 0 Å². The van der Waals surface area contributed by atoms with Gasteiger partial charge < -0.3 is 14.6 Å². The van der Waals surface area contributed by atoms with Crippen LogP contribution in [0.5, 0.6) is 5.75 Å². The molecule has 2 aromatic carbocycles. The molecule has 7 heteroatoms. The molecule has 1 N–H and O–H groups in total. The van der Waals surface area contributed by atoms with Crippen LogP contribution in [-0.4, -0.2) is 41.1 Å². The van der Waals surface area contributed by atoms with Crippen molar-refractivity contribution in [2.75, 3.05) is 25.5 Å². The molecule has 1 unspecified atom stereocenters. The Labute approximate surface area is 169 Å². The Morgan fingerprint density at radius 1 is 1.24 bits per heavy atom. The number of aromatic nitrogens is 2. The number of anilines is 1. The highest BCUT2D eigenvalue weighted by Gasteiger charge is 2.27. The van der Waals surface area contributed by atoms with Crippen LogP contribution >= 0.6 is 0 Å². The van der Waals surface area contributed by atoms with Gasteiger partial charge in [0.25, 0.3) is 0 Å². The van der Waals surface area contributed by atoms with Gasteiger partial charge in [0.1, 0.15) is 5.75 Å². The van der Waals surface area contributed by atoms with Crippen LogP contribution in [0, 0.1) is 5.92 Å². The molecule has 1 aromatic heterocycles. The first-order valence-electron chi connectivity index (χ1n) is 9.76. The van der Waals surface area contributed by atoms with Crippen molar-refractivity contribution in [1.82, 2.24) is 15.0 Å². The zero-order chi connectivity index (χ0) is 20.1. The first-order valence-corrected chi connectivity index (χ1v) is 9.76. The van der Waals surface area contributed by atoms with Crippen LogP contribution in [0.3, 0.4) is 0 Å². The number of nitrogens with zero attached hydrogens (tertiary/aromatic N) is 3. The molecule has 1 fully saturated rings. The summed E-state index contributed by atoms with van der Waals surface area (Å²) in [6, 6.07) is 17.2. The second kappa shape index (κ2) is 8.87.